The smallest absolute Gasteiger partial charge is 0.416 e. The van der Waals surface area contributed by atoms with Crippen molar-refractivity contribution in [3.63, 3.8) is 0 Å². The Balaban J connectivity index is 3.30. The molecule has 1 aromatic rings. The summed E-state index contributed by atoms with van der Waals surface area (Å²) in [4.78, 5) is 0. The second kappa shape index (κ2) is 4.96. The maximum absolute atomic E-state index is 12.8. The van der Waals surface area contributed by atoms with E-state index >= 15 is 0 Å². The maximum atomic E-state index is 12.8. The minimum atomic E-state index is -4.50. The summed E-state index contributed by atoms with van der Waals surface area (Å²) in [5.41, 5.74) is -0.966. The lowest BCUT2D eigenvalue weighted by Crippen LogP contribution is -2.15. The van der Waals surface area contributed by atoms with E-state index in [1.165, 1.54) is 19.2 Å². The number of benzene rings is 1. The van der Waals surface area contributed by atoms with E-state index in [1.54, 1.807) is 13.8 Å². The first kappa shape index (κ1) is 13.8. The van der Waals surface area contributed by atoms with Crippen molar-refractivity contribution in [2.45, 2.75) is 26.1 Å². The van der Waals surface area contributed by atoms with Gasteiger partial charge in [-0.05, 0) is 23.6 Å². The van der Waals surface area contributed by atoms with Crippen LogP contribution >= 0.6 is 0 Å². The SMILES string of the molecule is COc1ccc(C(O)C(C)C)c(C(F)(F)F)c1. The number of methoxy groups -OCH3 is 1. The number of ether oxygens (including phenoxy) is 1. The van der Waals surface area contributed by atoms with Crippen molar-refractivity contribution in [2.24, 2.45) is 5.92 Å². The molecule has 96 valence electrons. The molecular formula is C12H15F3O2. The molecule has 1 rings (SSSR count). The van der Waals surface area contributed by atoms with Gasteiger partial charge in [-0.3, -0.25) is 0 Å². The van der Waals surface area contributed by atoms with E-state index in [2.05, 4.69) is 0 Å². The van der Waals surface area contributed by atoms with Crippen LogP contribution in [0.25, 0.3) is 0 Å². The molecular weight excluding hydrogens is 233 g/mol. The molecule has 0 saturated carbocycles. The zero-order valence-corrected chi connectivity index (χ0v) is 9.88. The van der Waals surface area contributed by atoms with Crippen molar-refractivity contribution in [1.29, 1.82) is 0 Å². The number of hydrogen-bond acceptors (Lipinski definition) is 2. The zero-order chi connectivity index (χ0) is 13.2. The first-order chi connectivity index (χ1) is 7.77. The summed E-state index contributed by atoms with van der Waals surface area (Å²) in [6.07, 6.45) is -5.64. The molecule has 2 nitrogen and oxygen atoms in total. The Morgan fingerprint density at radius 2 is 1.82 bits per heavy atom. The molecule has 0 aliphatic carbocycles. The average molecular weight is 248 g/mol. The highest BCUT2D eigenvalue weighted by atomic mass is 19.4. The fourth-order valence-electron chi connectivity index (χ4n) is 1.52. The molecule has 0 saturated heterocycles. The summed E-state index contributed by atoms with van der Waals surface area (Å²) in [6, 6.07) is 3.57. The largest absolute Gasteiger partial charge is 0.497 e. The van der Waals surface area contributed by atoms with Gasteiger partial charge < -0.3 is 9.84 Å². The second-order valence-corrected chi connectivity index (χ2v) is 4.14. The van der Waals surface area contributed by atoms with Crippen molar-refractivity contribution in [3.05, 3.63) is 29.3 Å². The van der Waals surface area contributed by atoms with Gasteiger partial charge in [-0.2, -0.15) is 13.2 Å². The quantitative estimate of drug-likeness (QED) is 0.888. The molecule has 0 spiro atoms. The second-order valence-electron chi connectivity index (χ2n) is 4.14. The van der Waals surface area contributed by atoms with Gasteiger partial charge in [0.2, 0.25) is 0 Å². The summed E-state index contributed by atoms with van der Waals surface area (Å²) >= 11 is 0. The van der Waals surface area contributed by atoms with Crippen LogP contribution in [0.5, 0.6) is 5.75 Å². The molecule has 0 fully saturated rings. The van der Waals surface area contributed by atoms with Crippen LogP contribution < -0.4 is 4.74 Å². The van der Waals surface area contributed by atoms with Gasteiger partial charge in [0.1, 0.15) is 5.75 Å². The van der Waals surface area contributed by atoms with Crippen LogP contribution in [-0.2, 0) is 6.18 Å². The van der Waals surface area contributed by atoms with Crippen LogP contribution in [0.15, 0.2) is 18.2 Å². The van der Waals surface area contributed by atoms with Crippen molar-refractivity contribution in [3.8, 4) is 5.75 Å². The third-order valence-electron chi connectivity index (χ3n) is 2.52. The molecule has 0 bridgehead atoms. The molecule has 0 aromatic heterocycles. The summed E-state index contributed by atoms with van der Waals surface area (Å²) < 4.78 is 43.2. The van der Waals surface area contributed by atoms with Crippen molar-refractivity contribution >= 4 is 0 Å². The standard InChI is InChI=1S/C12H15F3O2/c1-7(2)11(16)9-5-4-8(17-3)6-10(9)12(13,14)15/h4-7,11,16H,1-3H3. The average Bonchev–Trinajstić information content (AvgIpc) is 2.26. The van der Waals surface area contributed by atoms with E-state index in [9.17, 15) is 18.3 Å². The Labute approximate surface area is 98.0 Å². The van der Waals surface area contributed by atoms with Crippen LogP contribution in [0.3, 0.4) is 0 Å². The molecule has 0 aliphatic rings. The van der Waals surface area contributed by atoms with Gasteiger partial charge in [-0.25, -0.2) is 0 Å². The van der Waals surface area contributed by atoms with Crippen LogP contribution in [0, 0.1) is 5.92 Å². The maximum Gasteiger partial charge on any atom is 0.416 e. The van der Waals surface area contributed by atoms with Gasteiger partial charge in [0.05, 0.1) is 18.8 Å². The molecule has 0 amide bonds. The van der Waals surface area contributed by atoms with Crippen LogP contribution in [0.1, 0.15) is 31.1 Å². The minimum absolute atomic E-state index is 0.117. The number of aliphatic hydroxyl groups excluding tert-OH is 1. The summed E-state index contributed by atoms with van der Waals surface area (Å²) in [6.45, 7) is 3.32. The fraction of sp³-hybridized carbons (Fsp3) is 0.500. The Morgan fingerprint density at radius 3 is 2.24 bits per heavy atom. The number of rotatable bonds is 3. The number of hydrogen-bond donors (Lipinski definition) is 1. The summed E-state index contributed by atoms with van der Waals surface area (Å²) in [5.74, 6) is -0.165. The van der Waals surface area contributed by atoms with E-state index in [0.717, 1.165) is 6.07 Å². The van der Waals surface area contributed by atoms with Crippen LogP contribution in [0.4, 0.5) is 13.2 Å². The Morgan fingerprint density at radius 1 is 1.24 bits per heavy atom. The van der Waals surface area contributed by atoms with E-state index in [1.807, 2.05) is 0 Å². The van der Waals surface area contributed by atoms with E-state index < -0.39 is 17.8 Å². The topological polar surface area (TPSA) is 29.5 Å². The van der Waals surface area contributed by atoms with Crippen molar-refractivity contribution in [1.82, 2.24) is 0 Å². The van der Waals surface area contributed by atoms with Gasteiger partial charge in [0, 0.05) is 0 Å². The molecule has 1 unspecified atom stereocenters. The Hall–Kier alpha value is -1.23. The lowest BCUT2D eigenvalue weighted by Gasteiger charge is -2.20. The third-order valence-corrected chi connectivity index (χ3v) is 2.52. The predicted octanol–water partition coefficient (Wildman–Crippen LogP) is 3.40. The normalized spacial score (nSPS) is 13.9. The van der Waals surface area contributed by atoms with Gasteiger partial charge in [0.15, 0.2) is 0 Å². The van der Waals surface area contributed by atoms with Crippen LogP contribution in [-0.4, -0.2) is 12.2 Å². The van der Waals surface area contributed by atoms with Gasteiger partial charge in [0.25, 0.3) is 0 Å². The van der Waals surface area contributed by atoms with E-state index in [4.69, 9.17) is 4.74 Å². The molecule has 5 heteroatoms. The van der Waals surface area contributed by atoms with Gasteiger partial charge in [-0.1, -0.05) is 19.9 Å². The number of halogens is 3. The zero-order valence-electron chi connectivity index (χ0n) is 9.88. The molecule has 0 aliphatic heterocycles. The molecule has 17 heavy (non-hydrogen) atoms. The molecule has 1 N–H and O–H groups in total. The number of alkyl halides is 3. The Bertz CT molecular complexity index is 386. The predicted molar refractivity (Wildman–Crippen MR) is 57.8 cm³/mol. The molecule has 0 radical (unpaired) electrons. The van der Waals surface area contributed by atoms with E-state index in [0.29, 0.717) is 0 Å². The Kier molecular flexibility index (Phi) is 4.03. The van der Waals surface area contributed by atoms with Crippen molar-refractivity contribution in [2.75, 3.05) is 7.11 Å². The molecule has 1 aromatic carbocycles. The van der Waals surface area contributed by atoms with Gasteiger partial charge >= 0.3 is 6.18 Å². The van der Waals surface area contributed by atoms with Crippen molar-refractivity contribution < 1.29 is 23.0 Å². The summed E-state index contributed by atoms with van der Waals surface area (Å²) in [7, 11) is 1.30. The first-order valence-corrected chi connectivity index (χ1v) is 5.20. The first-order valence-electron chi connectivity index (χ1n) is 5.20. The highest BCUT2D eigenvalue weighted by molar-refractivity contribution is 5.39. The fourth-order valence-corrected chi connectivity index (χ4v) is 1.52. The monoisotopic (exact) mass is 248 g/mol. The summed E-state index contributed by atoms with van der Waals surface area (Å²) in [5, 5.41) is 9.76. The molecule has 0 heterocycles. The number of aliphatic hydroxyl groups is 1. The minimum Gasteiger partial charge on any atom is -0.497 e. The van der Waals surface area contributed by atoms with Gasteiger partial charge in [-0.15, -0.1) is 0 Å². The lowest BCUT2D eigenvalue weighted by atomic mass is 9.94. The lowest BCUT2D eigenvalue weighted by molar-refractivity contribution is -0.139. The molecule has 1 atom stereocenters. The van der Waals surface area contributed by atoms with E-state index in [-0.39, 0.29) is 17.2 Å². The van der Waals surface area contributed by atoms with Crippen LogP contribution in [0.2, 0.25) is 0 Å². The highest BCUT2D eigenvalue weighted by Crippen LogP contribution is 2.38. The highest BCUT2D eigenvalue weighted by Gasteiger charge is 2.36. The third kappa shape index (κ3) is 3.12.